The van der Waals surface area contributed by atoms with Gasteiger partial charge < -0.3 is 9.88 Å². The number of β-lactam (4-membered cyclic amide) rings is 1. The quantitative estimate of drug-likeness (QED) is 0.479. The number of aromatic nitrogens is 5. The van der Waals surface area contributed by atoms with Crippen molar-refractivity contribution < 1.29 is 18.0 Å². The summed E-state index contributed by atoms with van der Waals surface area (Å²) in [5.41, 5.74) is 3.99. The number of hydrogen-bond donors (Lipinski definition) is 1. The van der Waals surface area contributed by atoms with Crippen LogP contribution in [0.15, 0.2) is 55.2 Å². The SMILES string of the molecule is O=C1[C@@H](C2CC2)[C@@H](c2ccc(-c3cnn(C(F)(F)F)c3)cn2)N1c1ccc2[nH]cnc2c1. The number of fused-ring (bicyclic) bond motifs is 1. The van der Waals surface area contributed by atoms with Gasteiger partial charge in [0.2, 0.25) is 5.91 Å². The average molecular weight is 438 g/mol. The molecule has 1 amide bonds. The Morgan fingerprint density at radius 1 is 1.03 bits per heavy atom. The molecular weight excluding hydrogens is 421 g/mol. The van der Waals surface area contributed by atoms with Crippen molar-refractivity contribution in [3.63, 3.8) is 0 Å². The minimum Gasteiger partial charge on any atom is -0.345 e. The second kappa shape index (κ2) is 6.65. The first-order valence-electron chi connectivity index (χ1n) is 10.2. The molecule has 32 heavy (non-hydrogen) atoms. The van der Waals surface area contributed by atoms with Crippen LogP contribution in [-0.4, -0.2) is 30.6 Å². The molecule has 0 unspecified atom stereocenters. The van der Waals surface area contributed by atoms with E-state index in [2.05, 4.69) is 20.1 Å². The van der Waals surface area contributed by atoms with E-state index in [0.717, 1.165) is 47.7 Å². The fraction of sp³-hybridized carbons (Fsp3) is 0.273. The third-order valence-corrected chi connectivity index (χ3v) is 6.22. The van der Waals surface area contributed by atoms with E-state index in [9.17, 15) is 18.0 Å². The smallest absolute Gasteiger partial charge is 0.345 e. The molecule has 2 aliphatic rings. The average Bonchev–Trinajstić information content (AvgIpc) is 3.26. The molecule has 1 N–H and O–H groups in total. The van der Waals surface area contributed by atoms with E-state index in [0.29, 0.717) is 17.0 Å². The predicted molar refractivity (Wildman–Crippen MR) is 109 cm³/mol. The number of aromatic amines is 1. The molecule has 2 fully saturated rings. The monoisotopic (exact) mass is 438 g/mol. The van der Waals surface area contributed by atoms with Gasteiger partial charge in [-0.3, -0.25) is 9.78 Å². The molecule has 10 heteroatoms. The van der Waals surface area contributed by atoms with E-state index >= 15 is 0 Å². The summed E-state index contributed by atoms with van der Waals surface area (Å²) < 4.78 is 38.4. The minimum atomic E-state index is -4.56. The maximum Gasteiger partial charge on any atom is 0.504 e. The number of carbonyl (C=O) groups excluding carboxylic acids is 1. The maximum absolute atomic E-state index is 13.0. The first-order chi connectivity index (χ1) is 15.4. The van der Waals surface area contributed by atoms with Crippen LogP contribution in [-0.2, 0) is 11.1 Å². The van der Waals surface area contributed by atoms with Gasteiger partial charge in [-0.15, -0.1) is 13.2 Å². The molecule has 2 atom stereocenters. The van der Waals surface area contributed by atoms with Gasteiger partial charge in [-0.2, -0.15) is 9.78 Å². The normalized spacial score (nSPS) is 21.2. The number of anilines is 1. The summed E-state index contributed by atoms with van der Waals surface area (Å²) in [6.45, 7) is 0. The number of benzene rings is 1. The Labute approximate surface area is 179 Å². The summed E-state index contributed by atoms with van der Waals surface area (Å²) in [5, 5.41) is 3.38. The summed E-state index contributed by atoms with van der Waals surface area (Å²) >= 11 is 0. The molecule has 4 aromatic rings. The lowest BCUT2D eigenvalue weighted by molar-refractivity contribution is -0.212. The van der Waals surface area contributed by atoms with Gasteiger partial charge in [0.1, 0.15) is 0 Å². The van der Waals surface area contributed by atoms with Crippen LogP contribution < -0.4 is 4.90 Å². The summed E-state index contributed by atoms with van der Waals surface area (Å²) in [6.07, 6.45) is 2.72. The topological polar surface area (TPSA) is 79.7 Å². The number of amides is 1. The maximum atomic E-state index is 13.0. The molecule has 0 radical (unpaired) electrons. The van der Waals surface area contributed by atoms with Crippen LogP contribution in [0.3, 0.4) is 0 Å². The molecular formula is C22H17F3N6O. The second-order valence-electron chi connectivity index (χ2n) is 8.23. The van der Waals surface area contributed by atoms with Crippen molar-refractivity contribution in [1.29, 1.82) is 0 Å². The molecule has 0 bridgehead atoms. The summed E-state index contributed by atoms with van der Waals surface area (Å²) in [4.78, 5) is 26.6. The fourth-order valence-electron chi connectivity index (χ4n) is 4.46. The van der Waals surface area contributed by atoms with Crippen molar-refractivity contribution >= 4 is 22.6 Å². The van der Waals surface area contributed by atoms with Crippen molar-refractivity contribution in [2.24, 2.45) is 11.8 Å². The van der Waals surface area contributed by atoms with Crippen molar-refractivity contribution in [2.75, 3.05) is 4.90 Å². The Kier molecular flexibility index (Phi) is 3.96. The molecule has 6 rings (SSSR count). The summed E-state index contributed by atoms with van der Waals surface area (Å²) in [7, 11) is 0. The van der Waals surface area contributed by atoms with Crippen molar-refractivity contribution in [3.05, 3.63) is 60.9 Å². The Morgan fingerprint density at radius 3 is 2.56 bits per heavy atom. The molecule has 1 aliphatic carbocycles. The number of nitrogens with one attached hydrogen (secondary N) is 1. The van der Waals surface area contributed by atoms with Crippen molar-refractivity contribution in [3.8, 4) is 11.1 Å². The first kappa shape index (κ1) is 19.0. The zero-order valence-corrected chi connectivity index (χ0v) is 16.6. The van der Waals surface area contributed by atoms with Crippen molar-refractivity contribution in [2.45, 2.75) is 25.2 Å². The minimum absolute atomic E-state index is 0.0309. The van der Waals surface area contributed by atoms with Crippen LogP contribution in [0.25, 0.3) is 22.2 Å². The number of pyridine rings is 1. The Hall–Kier alpha value is -3.69. The van der Waals surface area contributed by atoms with E-state index in [1.165, 1.54) is 6.20 Å². The van der Waals surface area contributed by atoms with Gasteiger partial charge >= 0.3 is 6.30 Å². The molecule has 0 spiro atoms. The second-order valence-corrected chi connectivity index (χ2v) is 8.23. The standard InChI is InChI=1S/C22H17F3N6O/c23-22(24,25)30-10-14(9-29-30)13-3-5-17(26-8-13)20-19(12-1-2-12)21(32)31(20)15-4-6-16-18(7-15)28-11-27-16/h3-12,19-20H,1-2H2,(H,27,28)/t19-,20+/m0/s1. The molecule has 4 heterocycles. The van der Waals surface area contributed by atoms with Gasteiger partial charge in [0.25, 0.3) is 0 Å². The van der Waals surface area contributed by atoms with Crippen LogP contribution in [0, 0.1) is 11.8 Å². The van der Waals surface area contributed by atoms with Gasteiger partial charge in [0.15, 0.2) is 0 Å². The number of imidazole rings is 1. The highest BCUT2D eigenvalue weighted by Crippen LogP contribution is 2.53. The highest BCUT2D eigenvalue weighted by atomic mass is 19.4. The van der Waals surface area contributed by atoms with E-state index in [-0.39, 0.29) is 22.5 Å². The van der Waals surface area contributed by atoms with E-state index in [1.807, 2.05) is 18.2 Å². The Balaban J connectivity index is 1.33. The molecule has 162 valence electrons. The number of hydrogen-bond acceptors (Lipinski definition) is 4. The largest absolute Gasteiger partial charge is 0.504 e. The van der Waals surface area contributed by atoms with Crippen LogP contribution in [0.1, 0.15) is 24.6 Å². The lowest BCUT2D eigenvalue weighted by Crippen LogP contribution is -2.56. The number of carbonyl (C=O) groups is 1. The van der Waals surface area contributed by atoms with E-state index < -0.39 is 6.30 Å². The molecule has 1 aromatic carbocycles. The lowest BCUT2D eigenvalue weighted by Gasteiger charge is -2.47. The first-order valence-corrected chi connectivity index (χ1v) is 10.2. The highest BCUT2D eigenvalue weighted by Gasteiger charge is 2.55. The highest BCUT2D eigenvalue weighted by molar-refractivity contribution is 6.04. The number of nitrogens with zero attached hydrogens (tertiary/aromatic N) is 5. The zero-order chi connectivity index (χ0) is 22.0. The van der Waals surface area contributed by atoms with Crippen LogP contribution in [0.5, 0.6) is 0 Å². The molecule has 7 nitrogen and oxygen atoms in total. The predicted octanol–water partition coefficient (Wildman–Crippen LogP) is 4.41. The molecule has 1 aliphatic heterocycles. The third kappa shape index (κ3) is 2.97. The van der Waals surface area contributed by atoms with E-state index in [1.54, 1.807) is 23.4 Å². The fourth-order valence-corrected chi connectivity index (χ4v) is 4.46. The number of rotatable bonds is 4. The van der Waals surface area contributed by atoms with Gasteiger partial charge in [0, 0.05) is 29.2 Å². The van der Waals surface area contributed by atoms with Gasteiger partial charge in [-0.25, -0.2) is 4.98 Å². The Bertz CT molecular complexity index is 1320. The van der Waals surface area contributed by atoms with Crippen LogP contribution in [0.4, 0.5) is 18.9 Å². The number of H-pyrrole nitrogens is 1. The van der Waals surface area contributed by atoms with E-state index in [4.69, 9.17) is 0 Å². The summed E-state index contributed by atoms with van der Waals surface area (Å²) in [6, 6.07) is 8.95. The Morgan fingerprint density at radius 2 is 1.88 bits per heavy atom. The molecule has 1 saturated carbocycles. The van der Waals surface area contributed by atoms with Crippen molar-refractivity contribution in [1.82, 2.24) is 24.7 Å². The lowest BCUT2D eigenvalue weighted by atomic mass is 9.80. The van der Waals surface area contributed by atoms with Crippen LogP contribution in [0.2, 0.25) is 0 Å². The third-order valence-electron chi connectivity index (χ3n) is 6.22. The number of halogens is 3. The number of alkyl halides is 3. The molecule has 1 saturated heterocycles. The molecule has 3 aromatic heterocycles. The van der Waals surface area contributed by atoms with Gasteiger partial charge in [0.05, 0.1) is 41.2 Å². The van der Waals surface area contributed by atoms with Crippen LogP contribution >= 0.6 is 0 Å². The zero-order valence-electron chi connectivity index (χ0n) is 16.6. The summed E-state index contributed by atoms with van der Waals surface area (Å²) in [5.74, 6) is 0.297. The van der Waals surface area contributed by atoms with Gasteiger partial charge in [-0.1, -0.05) is 6.07 Å². The van der Waals surface area contributed by atoms with Gasteiger partial charge in [-0.05, 0) is 43.0 Å².